The van der Waals surface area contributed by atoms with Gasteiger partial charge in [-0.25, -0.2) is 0 Å². The first kappa shape index (κ1) is 13.7. The van der Waals surface area contributed by atoms with Gasteiger partial charge in [-0.15, -0.1) is 6.58 Å². The van der Waals surface area contributed by atoms with Gasteiger partial charge in [0, 0.05) is 5.02 Å². The minimum absolute atomic E-state index is 0.563. The van der Waals surface area contributed by atoms with Crippen molar-refractivity contribution in [2.75, 3.05) is 0 Å². The van der Waals surface area contributed by atoms with Gasteiger partial charge in [-0.3, -0.25) is 0 Å². The number of rotatable bonds is 5. The highest BCUT2D eigenvalue weighted by molar-refractivity contribution is 6.30. The van der Waals surface area contributed by atoms with Crippen molar-refractivity contribution < 1.29 is 4.74 Å². The summed E-state index contributed by atoms with van der Waals surface area (Å²) < 4.78 is 5.96. The van der Waals surface area contributed by atoms with Crippen LogP contribution >= 0.6 is 11.6 Å². The van der Waals surface area contributed by atoms with Gasteiger partial charge in [0.1, 0.15) is 12.4 Å². The van der Waals surface area contributed by atoms with Crippen molar-refractivity contribution in [2.24, 2.45) is 0 Å². The van der Waals surface area contributed by atoms with Crippen LogP contribution in [0.5, 0.6) is 5.75 Å². The van der Waals surface area contributed by atoms with Crippen molar-refractivity contribution in [3.05, 3.63) is 76.8 Å². The van der Waals surface area contributed by atoms with E-state index in [-0.39, 0.29) is 0 Å². The number of ether oxygens (including phenoxy) is 1. The first-order valence-electron chi connectivity index (χ1n) is 6.27. The molecule has 0 aliphatic rings. The molecule has 0 saturated heterocycles. The maximum absolute atomic E-state index is 6.09. The van der Waals surface area contributed by atoms with Gasteiger partial charge < -0.3 is 4.74 Å². The smallest absolute Gasteiger partial charge is 0.126 e. The molecule has 98 valence electrons. The Labute approximate surface area is 119 Å². The lowest BCUT2D eigenvalue weighted by molar-refractivity contribution is 0.301. The quantitative estimate of drug-likeness (QED) is 0.699. The molecule has 0 heterocycles. The molecular weight excluding hydrogens is 256 g/mol. The second-order valence-electron chi connectivity index (χ2n) is 4.48. The molecule has 0 radical (unpaired) electrons. The molecule has 2 aromatic rings. The molecule has 0 amide bonds. The number of allylic oxidation sites excluding steroid dienone is 1. The monoisotopic (exact) mass is 272 g/mol. The van der Waals surface area contributed by atoms with Crippen molar-refractivity contribution in [3.63, 3.8) is 0 Å². The second-order valence-corrected chi connectivity index (χ2v) is 4.91. The van der Waals surface area contributed by atoms with Gasteiger partial charge in [0.05, 0.1) is 0 Å². The van der Waals surface area contributed by atoms with E-state index in [9.17, 15) is 0 Å². The Morgan fingerprint density at radius 2 is 1.95 bits per heavy atom. The van der Waals surface area contributed by atoms with Crippen LogP contribution in [0.3, 0.4) is 0 Å². The molecule has 0 N–H and O–H groups in total. The largest absolute Gasteiger partial charge is 0.488 e. The van der Waals surface area contributed by atoms with Crippen molar-refractivity contribution in [1.82, 2.24) is 0 Å². The van der Waals surface area contributed by atoms with E-state index in [4.69, 9.17) is 16.3 Å². The Kier molecular flexibility index (Phi) is 4.64. The fourth-order valence-electron chi connectivity index (χ4n) is 2.04. The van der Waals surface area contributed by atoms with Crippen LogP contribution in [0.4, 0.5) is 0 Å². The van der Waals surface area contributed by atoms with Gasteiger partial charge >= 0.3 is 0 Å². The summed E-state index contributed by atoms with van der Waals surface area (Å²) in [6.45, 7) is 6.35. The molecule has 0 spiro atoms. The van der Waals surface area contributed by atoms with Crippen LogP contribution in [0.15, 0.2) is 55.1 Å². The van der Waals surface area contributed by atoms with Gasteiger partial charge in [-0.2, -0.15) is 0 Å². The molecular formula is C17H17ClO. The van der Waals surface area contributed by atoms with Gasteiger partial charge in [0.25, 0.3) is 0 Å². The number of hydrogen-bond acceptors (Lipinski definition) is 1. The highest BCUT2D eigenvalue weighted by Gasteiger charge is 2.08. The second kappa shape index (κ2) is 6.44. The first-order valence-corrected chi connectivity index (χ1v) is 6.65. The molecule has 1 nitrogen and oxygen atoms in total. The summed E-state index contributed by atoms with van der Waals surface area (Å²) >= 11 is 6.09. The molecule has 0 saturated carbocycles. The average Bonchev–Trinajstić information content (AvgIpc) is 2.39. The maximum Gasteiger partial charge on any atom is 0.126 e. The molecule has 0 fully saturated rings. The predicted molar refractivity (Wildman–Crippen MR) is 80.9 cm³/mol. The third kappa shape index (κ3) is 3.62. The highest BCUT2D eigenvalue weighted by Crippen LogP contribution is 2.29. The van der Waals surface area contributed by atoms with E-state index in [0.29, 0.717) is 6.61 Å². The van der Waals surface area contributed by atoms with Crippen LogP contribution in [0, 0.1) is 6.92 Å². The molecule has 0 atom stereocenters. The molecule has 0 bridgehead atoms. The maximum atomic E-state index is 6.09. The Morgan fingerprint density at radius 1 is 1.21 bits per heavy atom. The van der Waals surface area contributed by atoms with Gasteiger partial charge in [0.2, 0.25) is 0 Å². The van der Waals surface area contributed by atoms with E-state index < -0.39 is 0 Å². The van der Waals surface area contributed by atoms with Crippen LogP contribution < -0.4 is 4.74 Å². The number of benzene rings is 2. The first-order chi connectivity index (χ1) is 9.20. The number of aryl methyl sites for hydroxylation is 1. The van der Waals surface area contributed by atoms with Crippen LogP contribution in [0.1, 0.15) is 16.7 Å². The van der Waals surface area contributed by atoms with Crippen molar-refractivity contribution >= 4 is 11.6 Å². The van der Waals surface area contributed by atoms with Crippen LogP contribution in [-0.2, 0) is 13.0 Å². The Hall–Kier alpha value is -1.73. The summed E-state index contributed by atoms with van der Waals surface area (Å²) in [5.41, 5.74) is 3.29. The lowest BCUT2D eigenvalue weighted by Crippen LogP contribution is -2.00. The van der Waals surface area contributed by atoms with E-state index in [0.717, 1.165) is 33.9 Å². The minimum Gasteiger partial charge on any atom is -0.488 e. The van der Waals surface area contributed by atoms with E-state index in [2.05, 4.69) is 18.7 Å². The fraction of sp³-hybridized carbons (Fsp3) is 0.176. The number of halogens is 1. The van der Waals surface area contributed by atoms with Gasteiger partial charge in [-0.1, -0.05) is 48.0 Å². The molecule has 19 heavy (non-hydrogen) atoms. The standard InChI is InChI=1S/C17H17ClO/c1-3-7-15-11-16(18)10-13(2)17(15)19-12-14-8-5-4-6-9-14/h3-6,8-11H,1,7,12H2,2H3. The summed E-state index contributed by atoms with van der Waals surface area (Å²) in [7, 11) is 0. The van der Waals surface area contributed by atoms with Crippen LogP contribution in [0.2, 0.25) is 5.02 Å². The Bertz CT molecular complexity index is 561. The summed E-state index contributed by atoms with van der Waals surface area (Å²) in [5.74, 6) is 0.910. The molecule has 2 heteroatoms. The van der Waals surface area contributed by atoms with Crippen molar-refractivity contribution in [2.45, 2.75) is 20.0 Å². The zero-order valence-electron chi connectivity index (χ0n) is 11.0. The lowest BCUT2D eigenvalue weighted by atomic mass is 10.1. The van der Waals surface area contributed by atoms with Crippen LogP contribution in [-0.4, -0.2) is 0 Å². The molecule has 0 aliphatic heterocycles. The summed E-state index contributed by atoms with van der Waals surface area (Å²) in [6, 6.07) is 14.0. The van der Waals surface area contributed by atoms with Crippen LogP contribution in [0.25, 0.3) is 0 Å². The van der Waals surface area contributed by atoms with E-state index >= 15 is 0 Å². The Morgan fingerprint density at radius 3 is 2.63 bits per heavy atom. The van der Waals surface area contributed by atoms with Gasteiger partial charge in [0.15, 0.2) is 0 Å². The lowest BCUT2D eigenvalue weighted by Gasteiger charge is -2.14. The van der Waals surface area contributed by atoms with Crippen molar-refractivity contribution in [1.29, 1.82) is 0 Å². The predicted octanol–water partition coefficient (Wildman–Crippen LogP) is 4.96. The topological polar surface area (TPSA) is 9.23 Å². The average molecular weight is 273 g/mol. The van der Waals surface area contributed by atoms with E-state index in [1.165, 1.54) is 0 Å². The zero-order valence-corrected chi connectivity index (χ0v) is 11.8. The normalized spacial score (nSPS) is 10.2. The molecule has 2 rings (SSSR count). The van der Waals surface area contributed by atoms with Gasteiger partial charge in [-0.05, 0) is 42.2 Å². The fourth-order valence-corrected chi connectivity index (χ4v) is 2.34. The zero-order chi connectivity index (χ0) is 13.7. The molecule has 0 unspecified atom stereocenters. The Balaban J connectivity index is 2.21. The highest BCUT2D eigenvalue weighted by atomic mass is 35.5. The molecule has 0 aromatic heterocycles. The third-order valence-electron chi connectivity index (χ3n) is 2.91. The SMILES string of the molecule is C=CCc1cc(Cl)cc(C)c1OCc1ccccc1. The number of hydrogen-bond donors (Lipinski definition) is 0. The van der Waals surface area contributed by atoms with E-state index in [1.807, 2.05) is 43.3 Å². The summed E-state index contributed by atoms with van der Waals surface area (Å²) in [6.07, 6.45) is 2.62. The van der Waals surface area contributed by atoms with E-state index in [1.54, 1.807) is 0 Å². The third-order valence-corrected chi connectivity index (χ3v) is 3.12. The molecule has 0 aliphatic carbocycles. The van der Waals surface area contributed by atoms with Crippen molar-refractivity contribution in [3.8, 4) is 5.75 Å². The molecule has 2 aromatic carbocycles. The summed E-state index contributed by atoms with van der Waals surface area (Å²) in [5, 5.41) is 0.737. The minimum atomic E-state index is 0.563. The summed E-state index contributed by atoms with van der Waals surface area (Å²) in [4.78, 5) is 0.